The van der Waals surface area contributed by atoms with Crippen molar-refractivity contribution in [2.75, 3.05) is 0 Å². The van der Waals surface area contributed by atoms with Gasteiger partial charge in [0.15, 0.2) is 0 Å². The summed E-state index contributed by atoms with van der Waals surface area (Å²) in [5.74, 6) is 3.79. The SMILES string of the molecule is CCCC1CCC(c2ccc(OC(=O)CC[C@@H](C)CC(=O)Oc3ccc(C4CCC(CCC)CC4)cc3)cc2)CC1. The fourth-order valence-corrected chi connectivity index (χ4v) is 7.11. The first-order valence-electron chi connectivity index (χ1n) is 16.5. The van der Waals surface area contributed by atoms with Crippen LogP contribution in [0.3, 0.4) is 0 Å². The Balaban J connectivity index is 1.13. The molecule has 2 aliphatic rings. The van der Waals surface area contributed by atoms with Gasteiger partial charge in [-0.1, -0.05) is 70.7 Å². The molecule has 0 spiro atoms. The summed E-state index contributed by atoms with van der Waals surface area (Å²) in [4.78, 5) is 25.0. The van der Waals surface area contributed by atoms with Gasteiger partial charge < -0.3 is 9.47 Å². The van der Waals surface area contributed by atoms with E-state index in [1.54, 1.807) is 0 Å². The van der Waals surface area contributed by atoms with Crippen LogP contribution >= 0.6 is 0 Å². The van der Waals surface area contributed by atoms with Crippen molar-refractivity contribution < 1.29 is 19.1 Å². The van der Waals surface area contributed by atoms with E-state index in [1.165, 1.54) is 88.2 Å². The van der Waals surface area contributed by atoms with Gasteiger partial charge in [-0.05, 0) is 123 Å². The molecule has 0 heterocycles. The molecule has 2 aromatic rings. The van der Waals surface area contributed by atoms with Crippen molar-refractivity contribution in [3.63, 3.8) is 0 Å². The Bertz CT molecular complexity index is 1060. The van der Waals surface area contributed by atoms with E-state index in [-0.39, 0.29) is 30.7 Å². The molecule has 0 bridgehead atoms. The van der Waals surface area contributed by atoms with Crippen molar-refractivity contribution in [2.45, 2.75) is 129 Å². The topological polar surface area (TPSA) is 52.6 Å². The highest BCUT2D eigenvalue weighted by molar-refractivity contribution is 5.74. The number of rotatable bonds is 13. The first-order valence-corrected chi connectivity index (χ1v) is 16.5. The largest absolute Gasteiger partial charge is 0.427 e. The Morgan fingerprint density at radius 2 is 1.07 bits per heavy atom. The van der Waals surface area contributed by atoms with Crippen LogP contribution in [0.2, 0.25) is 0 Å². The summed E-state index contributed by atoms with van der Waals surface area (Å²) in [6.45, 7) is 6.54. The number of carbonyl (C=O) groups excluding carboxylic acids is 2. The third-order valence-corrected chi connectivity index (χ3v) is 9.61. The second-order valence-electron chi connectivity index (χ2n) is 12.9. The first-order chi connectivity index (χ1) is 19.9. The first kappa shape index (κ1) is 31.3. The molecule has 2 fully saturated rings. The van der Waals surface area contributed by atoms with Crippen LogP contribution in [0, 0.1) is 17.8 Å². The van der Waals surface area contributed by atoms with Crippen LogP contribution in [0.25, 0.3) is 0 Å². The number of hydrogen-bond acceptors (Lipinski definition) is 4. The average Bonchev–Trinajstić information content (AvgIpc) is 2.98. The second kappa shape index (κ2) is 16.1. The lowest BCUT2D eigenvalue weighted by atomic mass is 9.77. The van der Waals surface area contributed by atoms with Gasteiger partial charge in [-0.15, -0.1) is 0 Å². The monoisotopic (exact) mass is 560 g/mol. The number of hydrogen-bond donors (Lipinski definition) is 0. The third kappa shape index (κ3) is 10.0. The van der Waals surface area contributed by atoms with E-state index >= 15 is 0 Å². The van der Waals surface area contributed by atoms with Gasteiger partial charge in [0.25, 0.3) is 0 Å². The van der Waals surface area contributed by atoms with E-state index in [1.807, 2.05) is 31.2 Å². The quantitative estimate of drug-likeness (QED) is 0.181. The minimum absolute atomic E-state index is 0.0397. The van der Waals surface area contributed by atoms with Crippen LogP contribution in [0.5, 0.6) is 11.5 Å². The molecule has 1 atom stereocenters. The molecule has 4 nitrogen and oxygen atoms in total. The lowest BCUT2D eigenvalue weighted by Gasteiger charge is -2.28. The molecule has 0 unspecified atom stereocenters. The normalized spacial score (nSPS) is 23.5. The van der Waals surface area contributed by atoms with E-state index in [9.17, 15) is 9.59 Å². The molecule has 0 saturated heterocycles. The van der Waals surface area contributed by atoms with Crippen molar-refractivity contribution in [3.05, 3.63) is 59.7 Å². The second-order valence-corrected chi connectivity index (χ2v) is 12.9. The molecule has 0 N–H and O–H groups in total. The number of esters is 2. The van der Waals surface area contributed by atoms with Crippen molar-refractivity contribution in [2.24, 2.45) is 17.8 Å². The molecule has 2 aliphatic carbocycles. The predicted molar refractivity (Wildman–Crippen MR) is 166 cm³/mol. The standard InChI is InChI=1S/C37H52O4/c1-4-6-28-9-13-30(14-10-28)32-17-21-34(22-18-32)40-36(38)25-8-27(3)26-37(39)41-35-23-19-33(20-24-35)31-15-11-29(7-5-2)12-16-31/h17-24,27-31H,4-16,25-26H2,1-3H3/t27-,28?,29?,30?,31?/m1/s1. The zero-order valence-corrected chi connectivity index (χ0v) is 25.7. The van der Waals surface area contributed by atoms with Gasteiger partial charge in [-0.3, -0.25) is 9.59 Å². The summed E-state index contributed by atoms with van der Waals surface area (Å²) in [6.07, 6.45) is 16.8. The van der Waals surface area contributed by atoms with Crippen LogP contribution < -0.4 is 9.47 Å². The van der Waals surface area contributed by atoms with Crippen LogP contribution in [-0.4, -0.2) is 11.9 Å². The Hall–Kier alpha value is -2.62. The maximum Gasteiger partial charge on any atom is 0.311 e. The summed E-state index contributed by atoms with van der Waals surface area (Å²) in [7, 11) is 0. The van der Waals surface area contributed by atoms with Crippen LogP contribution in [0.4, 0.5) is 0 Å². The van der Waals surface area contributed by atoms with Gasteiger partial charge in [-0.25, -0.2) is 0 Å². The summed E-state index contributed by atoms with van der Waals surface area (Å²) < 4.78 is 11.2. The average molecular weight is 561 g/mol. The van der Waals surface area contributed by atoms with E-state index in [4.69, 9.17) is 9.47 Å². The van der Waals surface area contributed by atoms with Crippen molar-refractivity contribution in [1.82, 2.24) is 0 Å². The summed E-state index contributed by atoms with van der Waals surface area (Å²) in [5, 5.41) is 0. The maximum atomic E-state index is 12.5. The number of ether oxygens (including phenoxy) is 2. The van der Waals surface area contributed by atoms with Crippen molar-refractivity contribution in [1.29, 1.82) is 0 Å². The minimum Gasteiger partial charge on any atom is -0.427 e. The highest BCUT2D eigenvalue weighted by atomic mass is 16.5. The zero-order valence-electron chi connectivity index (χ0n) is 25.7. The van der Waals surface area contributed by atoms with E-state index in [0.717, 1.165) is 11.8 Å². The molecule has 224 valence electrons. The smallest absolute Gasteiger partial charge is 0.311 e. The predicted octanol–water partition coefficient (Wildman–Crippen LogP) is 10.2. The third-order valence-electron chi connectivity index (χ3n) is 9.61. The van der Waals surface area contributed by atoms with Gasteiger partial charge in [0.1, 0.15) is 11.5 Å². The van der Waals surface area contributed by atoms with Gasteiger partial charge in [0.2, 0.25) is 0 Å². The lowest BCUT2D eigenvalue weighted by molar-refractivity contribution is -0.137. The van der Waals surface area contributed by atoms with Gasteiger partial charge in [0, 0.05) is 12.8 Å². The Kier molecular flexibility index (Phi) is 12.3. The zero-order chi connectivity index (χ0) is 29.0. The minimum atomic E-state index is -0.252. The fourth-order valence-electron chi connectivity index (χ4n) is 7.11. The molecule has 4 heteroatoms. The van der Waals surface area contributed by atoms with E-state index < -0.39 is 0 Å². The lowest BCUT2D eigenvalue weighted by Crippen LogP contribution is -2.15. The van der Waals surface area contributed by atoms with Gasteiger partial charge in [0.05, 0.1) is 0 Å². The van der Waals surface area contributed by atoms with Gasteiger partial charge in [-0.2, -0.15) is 0 Å². The van der Waals surface area contributed by atoms with Crippen LogP contribution in [0.15, 0.2) is 48.5 Å². The van der Waals surface area contributed by atoms with Crippen LogP contribution in [0.1, 0.15) is 140 Å². The molecule has 4 rings (SSSR count). The van der Waals surface area contributed by atoms with E-state index in [2.05, 4.69) is 38.1 Å². The molecule has 41 heavy (non-hydrogen) atoms. The molecular weight excluding hydrogens is 508 g/mol. The van der Waals surface area contributed by atoms with Crippen molar-refractivity contribution in [3.8, 4) is 11.5 Å². The summed E-state index contributed by atoms with van der Waals surface area (Å²) in [5.41, 5.74) is 2.71. The molecule has 0 aliphatic heterocycles. The molecule has 0 amide bonds. The molecule has 2 aromatic carbocycles. The Morgan fingerprint density at radius 1 is 0.659 bits per heavy atom. The molecule has 0 radical (unpaired) electrons. The Morgan fingerprint density at radius 3 is 1.49 bits per heavy atom. The fraction of sp³-hybridized carbons (Fsp3) is 0.622. The van der Waals surface area contributed by atoms with Crippen molar-refractivity contribution >= 4 is 11.9 Å². The van der Waals surface area contributed by atoms with Crippen LogP contribution in [-0.2, 0) is 9.59 Å². The molecule has 0 aromatic heterocycles. The summed E-state index contributed by atoms with van der Waals surface area (Å²) >= 11 is 0. The highest BCUT2D eigenvalue weighted by Crippen LogP contribution is 2.39. The summed E-state index contributed by atoms with van der Waals surface area (Å²) in [6, 6.07) is 16.2. The van der Waals surface area contributed by atoms with Gasteiger partial charge >= 0.3 is 11.9 Å². The maximum absolute atomic E-state index is 12.5. The number of benzene rings is 2. The van der Waals surface area contributed by atoms with E-state index in [0.29, 0.717) is 29.8 Å². The molecular formula is C37H52O4. The Labute approximate surface area is 248 Å². The molecule has 2 saturated carbocycles. The number of carbonyl (C=O) groups is 2. The highest BCUT2D eigenvalue weighted by Gasteiger charge is 2.23.